The highest BCUT2D eigenvalue weighted by atomic mass is 35.5. The van der Waals surface area contributed by atoms with Crippen molar-refractivity contribution in [1.29, 1.82) is 0 Å². The van der Waals surface area contributed by atoms with E-state index < -0.39 is 15.9 Å². The monoisotopic (exact) mass is 345 g/mol. The third-order valence-corrected chi connectivity index (χ3v) is 5.77. The van der Waals surface area contributed by atoms with Gasteiger partial charge >= 0.3 is 0 Å². The van der Waals surface area contributed by atoms with Gasteiger partial charge in [-0.05, 0) is 49.9 Å². The van der Waals surface area contributed by atoms with Crippen molar-refractivity contribution >= 4 is 27.3 Å². The van der Waals surface area contributed by atoms with Gasteiger partial charge in [0.2, 0.25) is 0 Å². The average molecular weight is 346 g/mol. The van der Waals surface area contributed by atoms with Gasteiger partial charge in [-0.2, -0.15) is 0 Å². The highest BCUT2D eigenvalue weighted by molar-refractivity contribution is 7.91. The third-order valence-electron chi connectivity index (χ3n) is 3.70. The van der Waals surface area contributed by atoms with Gasteiger partial charge in [-0.1, -0.05) is 11.6 Å². The summed E-state index contributed by atoms with van der Waals surface area (Å²) in [4.78, 5) is 12.0. The number of hydrogen-bond acceptors (Lipinski definition) is 4. The normalized spacial score (nSPS) is 21.3. The molecule has 1 heterocycles. The summed E-state index contributed by atoms with van der Waals surface area (Å²) in [5.41, 5.74) is 0.856. The number of benzene rings is 1. The zero-order chi connectivity index (χ0) is 16.3. The molecule has 1 saturated heterocycles. The Kier molecular flexibility index (Phi) is 5.34. The Labute approximate surface area is 135 Å². The van der Waals surface area contributed by atoms with E-state index in [0.717, 1.165) is 5.56 Å². The van der Waals surface area contributed by atoms with Gasteiger partial charge in [-0.3, -0.25) is 4.79 Å². The highest BCUT2D eigenvalue weighted by Gasteiger charge is 2.28. The summed E-state index contributed by atoms with van der Waals surface area (Å²) in [6, 6.07) is 5.20. The van der Waals surface area contributed by atoms with Crippen LogP contribution in [0.4, 0.5) is 0 Å². The second-order valence-electron chi connectivity index (χ2n) is 5.68. The lowest BCUT2D eigenvalue weighted by Gasteiger charge is -2.17. The minimum atomic E-state index is -2.92. The molecule has 1 aromatic rings. The summed E-state index contributed by atoms with van der Waals surface area (Å²) in [5, 5.41) is 3.37. The Hall–Kier alpha value is -1.27. The zero-order valence-corrected chi connectivity index (χ0v) is 14.2. The predicted molar refractivity (Wildman–Crippen MR) is 86.0 cm³/mol. The van der Waals surface area contributed by atoms with Crippen LogP contribution in [0.25, 0.3) is 0 Å². The van der Waals surface area contributed by atoms with Crippen LogP contribution in [0.3, 0.4) is 0 Å². The molecular weight excluding hydrogens is 326 g/mol. The minimum absolute atomic E-state index is 0.00146. The summed E-state index contributed by atoms with van der Waals surface area (Å²) in [6.07, 6.45) is -0.0494. The topological polar surface area (TPSA) is 72.5 Å². The van der Waals surface area contributed by atoms with Gasteiger partial charge in [-0.15, -0.1) is 0 Å². The van der Waals surface area contributed by atoms with Crippen LogP contribution in [0, 0.1) is 12.8 Å². The van der Waals surface area contributed by atoms with Crippen molar-refractivity contribution in [3.8, 4) is 5.75 Å². The van der Waals surface area contributed by atoms with E-state index in [9.17, 15) is 13.2 Å². The van der Waals surface area contributed by atoms with E-state index in [0.29, 0.717) is 23.7 Å². The molecule has 1 aromatic carbocycles. The number of aryl methyl sites for hydroxylation is 1. The molecule has 0 bridgehead atoms. The van der Waals surface area contributed by atoms with E-state index in [-0.39, 0.29) is 23.3 Å². The first-order valence-corrected chi connectivity index (χ1v) is 9.38. The van der Waals surface area contributed by atoms with Crippen molar-refractivity contribution in [2.75, 3.05) is 18.1 Å². The molecule has 0 radical (unpaired) electrons. The predicted octanol–water partition coefficient (Wildman–Crippen LogP) is 1.97. The smallest absolute Gasteiger partial charge is 0.260 e. The third kappa shape index (κ3) is 4.61. The summed E-state index contributed by atoms with van der Waals surface area (Å²) < 4.78 is 28.4. The highest BCUT2D eigenvalue weighted by Crippen LogP contribution is 2.23. The molecule has 2 rings (SSSR count). The second kappa shape index (κ2) is 6.87. The first-order valence-electron chi connectivity index (χ1n) is 7.18. The van der Waals surface area contributed by atoms with Gasteiger partial charge in [0.1, 0.15) is 5.75 Å². The fraction of sp³-hybridized carbons (Fsp3) is 0.533. The Bertz CT molecular complexity index is 660. The van der Waals surface area contributed by atoms with E-state index in [1.165, 1.54) is 0 Å². The van der Waals surface area contributed by atoms with Gasteiger partial charge < -0.3 is 10.1 Å². The van der Waals surface area contributed by atoms with Crippen molar-refractivity contribution in [2.24, 2.45) is 5.92 Å². The van der Waals surface area contributed by atoms with Crippen molar-refractivity contribution < 1.29 is 17.9 Å². The molecule has 7 heteroatoms. The lowest BCUT2D eigenvalue weighted by Crippen LogP contribution is -2.39. The van der Waals surface area contributed by atoms with Gasteiger partial charge in [-0.25, -0.2) is 8.42 Å². The number of carbonyl (C=O) groups excluding carboxylic acids is 1. The molecule has 1 aliphatic heterocycles. The van der Waals surface area contributed by atoms with E-state index in [1.54, 1.807) is 25.1 Å². The average Bonchev–Trinajstić information content (AvgIpc) is 2.78. The Morgan fingerprint density at radius 1 is 1.50 bits per heavy atom. The van der Waals surface area contributed by atoms with Crippen LogP contribution >= 0.6 is 11.6 Å². The molecule has 0 aliphatic carbocycles. The molecule has 5 nitrogen and oxygen atoms in total. The van der Waals surface area contributed by atoms with Crippen LogP contribution in [0.1, 0.15) is 18.9 Å². The van der Waals surface area contributed by atoms with Crippen molar-refractivity contribution in [3.63, 3.8) is 0 Å². The van der Waals surface area contributed by atoms with Crippen LogP contribution in [0.5, 0.6) is 5.75 Å². The van der Waals surface area contributed by atoms with E-state index in [1.807, 2.05) is 6.92 Å². The molecule has 1 aliphatic rings. The molecule has 0 aromatic heterocycles. The maximum Gasteiger partial charge on any atom is 0.260 e. The fourth-order valence-electron chi connectivity index (χ4n) is 2.41. The van der Waals surface area contributed by atoms with Crippen LogP contribution in [-0.2, 0) is 14.6 Å². The molecular formula is C15H20ClNO4S. The largest absolute Gasteiger partial charge is 0.481 e. The maximum absolute atomic E-state index is 12.0. The van der Waals surface area contributed by atoms with E-state index in [2.05, 4.69) is 5.32 Å². The summed E-state index contributed by atoms with van der Waals surface area (Å²) in [5.74, 6) is 0.718. The molecule has 0 unspecified atom stereocenters. The quantitative estimate of drug-likeness (QED) is 0.885. The fourth-order valence-corrected chi connectivity index (χ4v) is 4.50. The molecule has 0 spiro atoms. The standard InChI is InChI=1S/C15H20ClNO4S/c1-10-7-13(16)3-4-14(10)21-11(2)15(18)17-8-12-5-6-22(19,20)9-12/h3-4,7,11-12H,5-6,8-9H2,1-2H3,(H,17,18)/t11-,12+/m1/s1. The summed E-state index contributed by atoms with van der Waals surface area (Å²) >= 11 is 5.88. The second-order valence-corrected chi connectivity index (χ2v) is 8.35. The van der Waals surface area contributed by atoms with Gasteiger partial charge in [0.15, 0.2) is 15.9 Å². The van der Waals surface area contributed by atoms with Crippen molar-refractivity contribution in [2.45, 2.75) is 26.4 Å². The number of sulfone groups is 1. The Morgan fingerprint density at radius 2 is 2.23 bits per heavy atom. The lowest BCUT2D eigenvalue weighted by molar-refractivity contribution is -0.127. The minimum Gasteiger partial charge on any atom is -0.481 e. The van der Waals surface area contributed by atoms with Gasteiger partial charge in [0, 0.05) is 11.6 Å². The van der Waals surface area contributed by atoms with E-state index >= 15 is 0 Å². The molecule has 1 N–H and O–H groups in total. The summed E-state index contributed by atoms with van der Waals surface area (Å²) in [6.45, 7) is 3.88. The number of rotatable bonds is 5. The first kappa shape index (κ1) is 17.1. The van der Waals surface area contributed by atoms with Crippen LogP contribution < -0.4 is 10.1 Å². The number of halogens is 1. The van der Waals surface area contributed by atoms with Crippen LogP contribution in [-0.4, -0.2) is 38.5 Å². The van der Waals surface area contributed by atoms with Gasteiger partial charge in [0.25, 0.3) is 5.91 Å². The van der Waals surface area contributed by atoms with E-state index in [4.69, 9.17) is 16.3 Å². The lowest BCUT2D eigenvalue weighted by atomic mass is 10.1. The molecule has 122 valence electrons. The first-order chi connectivity index (χ1) is 10.3. The Balaban J connectivity index is 1.84. The maximum atomic E-state index is 12.0. The number of ether oxygens (including phenoxy) is 1. The molecule has 22 heavy (non-hydrogen) atoms. The molecule has 0 saturated carbocycles. The van der Waals surface area contributed by atoms with Crippen molar-refractivity contribution in [3.05, 3.63) is 28.8 Å². The van der Waals surface area contributed by atoms with Gasteiger partial charge in [0.05, 0.1) is 11.5 Å². The van der Waals surface area contributed by atoms with Crippen LogP contribution in [0.15, 0.2) is 18.2 Å². The number of carbonyl (C=O) groups is 1. The number of hydrogen-bond donors (Lipinski definition) is 1. The summed E-state index contributed by atoms with van der Waals surface area (Å²) in [7, 11) is -2.92. The van der Waals surface area contributed by atoms with Crippen LogP contribution in [0.2, 0.25) is 5.02 Å². The Morgan fingerprint density at radius 3 is 2.82 bits per heavy atom. The number of amides is 1. The SMILES string of the molecule is Cc1cc(Cl)ccc1O[C@H](C)C(=O)NC[C@@H]1CCS(=O)(=O)C1. The molecule has 1 amide bonds. The molecule has 1 fully saturated rings. The van der Waals surface area contributed by atoms with Crippen molar-refractivity contribution in [1.82, 2.24) is 5.32 Å². The zero-order valence-electron chi connectivity index (χ0n) is 12.6. The molecule has 2 atom stereocenters. The number of nitrogens with one attached hydrogen (secondary N) is 1.